The van der Waals surface area contributed by atoms with Crippen LogP contribution >= 0.6 is 11.6 Å². The third kappa shape index (κ3) is 5.96. The first-order valence-electron chi connectivity index (χ1n) is 13.1. The number of hydrogen-bond acceptors (Lipinski definition) is 5. The summed E-state index contributed by atoms with van der Waals surface area (Å²) in [5.41, 5.74) is 2.99. The van der Waals surface area contributed by atoms with Crippen molar-refractivity contribution in [3.8, 4) is 11.5 Å². The van der Waals surface area contributed by atoms with Gasteiger partial charge >= 0.3 is 0 Å². The quantitative estimate of drug-likeness (QED) is 0.186. The third-order valence-electron chi connectivity index (χ3n) is 6.72. The summed E-state index contributed by atoms with van der Waals surface area (Å²) >= 11 is 6.25. The first kappa shape index (κ1) is 28.2. The first-order chi connectivity index (χ1) is 18.5. The van der Waals surface area contributed by atoms with Crippen molar-refractivity contribution in [1.29, 1.82) is 0 Å². The van der Waals surface area contributed by atoms with Crippen LogP contribution in [0.2, 0.25) is 5.02 Å². The molecule has 1 aliphatic heterocycles. The molecule has 0 radical (unpaired) electrons. The summed E-state index contributed by atoms with van der Waals surface area (Å²) in [7, 11) is 0. The first-order valence-corrected chi connectivity index (χ1v) is 13.5. The van der Waals surface area contributed by atoms with E-state index in [-0.39, 0.29) is 23.3 Å². The van der Waals surface area contributed by atoms with Gasteiger partial charge in [-0.2, -0.15) is 0 Å². The van der Waals surface area contributed by atoms with E-state index in [4.69, 9.17) is 21.1 Å². The number of ether oxygens (including phenoxy) is 2. The zero-order valence-electron chi connectivity index (χ0n) is 23.0. The van der Waals surface area contributed by atoms with Gasteiger partial charge in [0, 0.05) is 12.1 Å². The maximum Gasteiger partial charge on any atom is 0.295 e. The second kappa shape index (κ2) is 11.5. The van der Waals surface area contributed by atoms with Gasteiger partial charge in [-0.05, 0) is 66.3 Å². The molecular formula is C32H34ClNO5. The monoisotopic (exact) mass is 547 g/mol. The van der Waals surface area contributed by atoms with Crippen molar-refractivity contribution in [2.45, 2.75) is 52.6 Å². The molecule has 3 aromatic rings. The zero-order valence-corrected chi connectivity index (χ0v) is 23.7. The van der Waals surface area contributed by atoms with E-state index in [2.05, 4.69) is 20.8 Å². The highest BCUT2D eigenvalue weighted by Gasteiger charge is 2.46. The van der Waals surface area contributed by atoms with Crippen LogP contribution in [-0.4, -0.2) is 34.9 Å². The van der Waals surface area contributed by atoms with Crippen molar-refractivity contribution in [2.24, 2.45) is 0 Å². The highest BCUT2D eigenvalue weighted by molar-refractivity contribution is 6.46. The molecule has 1 heterocycles. The van der Waals surface area contributed by atoms with Gasteiger partial charge in [0.05, 0.1) is 29.9 Å². The summed E-state index contributed by atoms with van der Waals surface area (Å²) in [6.45, 7) is 11.2. The number of aliphatic hydroxyl groups excluding tert-OH is 1. The van der Waals surface area contributed by atoms with Gasteiger partial charge in [0.1, 0.15) is 17.3 Å². The number of Topliss-reactive ketones (excluding diaryl/α,β-unsaturated/α-hetero) is 1. The largest absolute Gasteiger partial charge is 0.507 e. The summed E-state index contributed by atoms with van der Waals surface area (Å²) in [4.78, 5) is 28.4. The molecule has 0 saturated carbocycles. The topological polar surface area (TPSA) is 76.1 Å². The number of benzene rings is 3. The van der Waals surface area contributed by atoms with E-state index < -0.39 is 17.7 Å². The lowest BCUT2D eigenvalue weighted by molar-refractivity contribution is -0.140. The fourth-order valence-corrected chi connectivity index (χ4v) is 4.85. The van der Waals surface area contributed by atoms with Crippen LogP contribution in [0.25, 0.3) is 5.76 Å². The summed E-state index contributed by atoms with van der Waals surface area (Å²) in [6, 6.07) is 19.3. The third-order valence-corrected chi connectivity index (χ3v) is 7.04. The molecule has 0 aromatic heterocycles. The molecule has 1 amide bonds. The Labute approximate surface area is 234 Å². The summed E-state index contributed by atoms with van der Waals surface area (Å²) < 4.78 is 11.1. The van der Waals surface area contributed by atoms with E-state index in [1.54, 1.807) is 18.2 Å². The molecule has 1 aliphatic rings. The van der Waals surface area contributed by atoms with Crippen molar-refractivity contribution >= 4 is 29.1 Å². The number of aliphatic hydroxyl groups is 1. The van der Waals surface area contributed by atoms with Gasteiger partial charge in [0.2, 0.25) is 0 Å². The van der Waals surface area contributed by atoms with Gasteiger partial charge in [0.15, 0.2) is 0 Å². The molecule has 204 valence electrons. The molecule has 3 aromatic carbocycles. The van der Waals surface area contributed by atoms with Crippen molar-refractivity contribution in [3.05, 3.63) is 99.6 Å². The van der Waals surface area contributed by atoms with E-state index in [0.717, 1.165) is 22.4 Å². The van der Waals surface area contributed by atoms with Crippen molar-refractivity contribution in [3.63, 3.8) is 0 Å². The average Bonchev–Trinajstić information content (AvgIpc) is 3.15. The van der Waals surface area contributed by atoms with Crippen molar-refractivity contribution < 1.29 is 24.2 Å². The number of carbonyl (C=O) groups excluding carboxylic acids is 2. The Morgan fingerprint density at radius 2 is 1.56 bits per heavy atom. The number of amides is 1. The van der Waals surface area contributed by atoms with Crippen LogP contribution in [0.15, 0.2) is 72.3 Å². The highest BCUT2D eigenvalue weighted by atomic mass is 35.5. The van der Waals surface area contributed by atoms with E-state index in [9.17, 15) is 14.7 Å². The molecular weight excluding hydrogens is 514 g/mol. The van der Waals surface area contributed by atoms with Crippen LogP contribution < -0.4 is 9.47 Å². The normalized spacial score (nSPS) is 17.0. The molecule has 1 unspecified atom stereocenters. The Morgan fingerprint density at radius 1 is 0.923 bits per heavy atom. The predicted octanol–water partition coefficient (Wildman–Crippen LogP) is 7.06. The highest BCUT2D eigenvalue weighted by Crippen LogP contribution is 2.41. The maximum absolute atomic E-state index is 13.5. The Hall–Kier alpha value is -3.77. The van der Waals surface area contributed by atoms with Gasteiger partial charge in [0.25, 0.3) is 11.7 Å². The number of halogens is 1. The molecule has 39 heavy (non-hydrogen) atoms. The maximum atomic E-state index is 13.5. The second-order valence-electron chi connectivity index (χ2n) is 10.5. The van der Waals surface area contributed by atoms with E-state index >= 15 is 0 Å². The molecule has 1 fully saturated rings. The number of nitrogens with zero attached hydrogens (tertiary/aromatic N) is 1. The minimum Gasteiger partial charge on any atom is -0.507 e. The summed E-state index contributed by atoms with van der Waals surface area (Å²) in [6.07, 6.45) is 0. The number of carbonyl (C=O) groups is 2. The van der Waals surface area contributed by atoms with Crippen LogP contribution in [-0.2, 0) is 21.5 Å². The number of ketones is 1. The molecule has 1 atom stereocenters. The van der Waals surface area contributed by atoms with Crippen LogP contribution in [0.3, 0.4) is 0 Å². The van der Waals surface area contributed by atoms with Gasteiger partial charge in [-0.25, -0.2) is 0 Å². The van der Waals surface area contributed by atoms with Crippen molar-refractivity contribution in [1.82, 2.24) is 4.90 Å². The van der Waals surface area contributed by atoms with Crippen LogP contribution in [0.4, 0.5) is 0 Å². The number of hydrogen-bond donors (Lipinski definition) is 1. The molecule has 1 N–H and O–H groups in total. The minimum atomic E-state index is -0.781. The smallest absolute Gasteiger partial charge is 0.295 e. The zero-order chi connectivity index (χ0) is 28.3. The summed E-state index contributed by atoms with van der Waals surface area (Å²) in [5, 5.41) is 11.8. The van der Waals surface area contributed by atoms with E-state index in [1.807, 2.05) is 62.4 Å². The second-order valence-corrected chi connectivity index (χ2v) is 10.9. The Bertz CT molecular complexity index is 1390. The Balaban J connectivity index is 1.82. The SMILES string of the molecule is CCOc1ccc(CN2C(=O)C(=O)/C(=C(\O)c3ccc(Cl)c(OCC)c3)C2c2ccc(C(C)(C)C)cc2)cc1. The van der Waals surface area contributed by atoms with Gasteiger partial charge in [-0.15, -0.1) is 0 Å². The fourth-order valence-electron chi connectivity index (χ4n) is 4.68. The lowest BCUT2D eigenvalue weighted by atomic mass is 9.85. The van der Waals surface area contributed by atoms with Crippen LogP contribution in [0, 0.1) is 0 Å². The fraction of sp³-hybridized carbons (Fsp3) is 0.312. The minimum absolute atomic E-state index is 0.0271. The van der Waals surface area contributed by atoms with Crippen LogP contribution in [0.5, 0.6) is 11.5 Å². The molecule has 0 aliphatic carbocycles. The lowest BCUT2D eigenvalue weighted by Crippen LogP contribution is -2.29. The molecule has 1 saturated heterocycles. The predicted molar refractivity (Wildman–Crippen MR) is 153 cm³/mol. The molecule has 4 rings (SSSR count). The van der Waals surface area contributed by atoms with E-state index in [1.165, 1.54) is 4.90 Å². The summed E-state index contributed by atoms with van der Waals surface area (Å²) in [5.74, 6) is -0.570. The number of rotatable bonds is 8. The van der Waals surface area contributed by atoms with Gasteiger partial charge in [-0.1, -0.05) is 68.8 Å². The molecule has 0 spiro atoms. The molecule has 6 nitrogen and oxygen atoms in total. The standard InChI is InChI=1S/C32H34ClNO5/c1-6-38-24-15-8-20(9-16-24)19-34-28(21-10-13-23(14-11-21)32(3,4)5)27(30(36)31(34)37)29(35)22-12-17-25(33)26(18-22)39-7-2/h8-18,28,35H,6-7,19H2,1-5H3/b29-27-. The average molecular weight is 548 g/mol. The van der Waals surface area contributed by atoms with E-state index in [0.29, 0.717) is 29.5 Å². The van der Waals surface area contributed by atoms with Gasteiger partial charge in [-0.3, -0.25) is 9.59 Å². The van der Waals surface area contributed by atoms with Crippen LogP contribution in [0.1, 0.15) is 62.9 Å². The molecule has 0 bridgehead atoms. The number of likely N-dealkylation sites (tertiary alicyclic amines) is 1. The lowest BCUT2D eigenvalue weighted by Gasteiger charge is -2.27. The molecule has 7 heteroatoms. The Morgan fingerprint density at radius 3 is 2.15 bits per heavy atom. The van der Waals surface area contributed by atoms with Gasteiger partial charge < -0.3 is 19.5 Å². The van der Waals surface area contributed by atoms with Crippen molar-refractivity contribution in [2.75, 3.05) is 13.2 Å². The Kier molecular flexibility index (Phi) is 8.36.